The van der Waals surface area contributed by atoms with Crippen LogP contribution in [0.2, 0.25) is 0 Å². The van der Waals surface area contributed by atoms with E-state index in [1.807, 2.05) is 0 Å². The van der Waals surface area contributed by atoms with Gasteiger partial charge in [-0.25, -0.2) is 9.97 Å². The van der Waals surface area contributed by atoms with Crippen molar-refractivity contribution >= 4 is 17.5 Å². The van der Waals surface area contributed by atoms with Gasteiger partial charge in [-0.1, -0.05) is 25.6 Å². The molecule has 9 heteroatoms. The van der Waals surface area contributed by atoms with E-state index in [2.05, 4.69) is 9.97 Å². The second kappa shape index (κ2) is 6.03. The number of hydrogen-bond donors (Lipinski definition) is 0. The normalized spacial score (nSPS) is 27.7. The smallest absolute Gasteiger partial charge is 0.343 e. The molecule has 0 radical (unpaired) electrons. The summed E-state index contributed by atoms with van der Waals surface area (Å²) in [5.74, 6) is -0.366. The van der Waals surface area contributed by atoms with Crippen molar-refractivity contribution in [1.82, 2.24) is 9.97 Å². The van der Waals surface area contributed by atoms with Crippen molar-refractivity contribution in [3.63, 3.8) is 0 Å². The van der Waals surface area contributed by atoms with Gasteiger partial charge < -0.3 is 9.47 Å². The molecule has 0 amide bonds. The molecule has 0 spiro atoms. The molecule has 3 rings (SSSR count). The maximum absolute atomic E-state index is 13.0. The molecule has 2 saturated heterocycles. The van der Waals surface area contributed by atoms with Crippen molar-refractivity contribution in [2.75, 3.05) is 6.61 Å². The predicted octanol–water partition coefficient (Wildman–Crippen LogP) is 2.79. The second-order valence-corrected chi connectivity index (χ2v) is 6.99. The van der Waals surface area contributed by atoms with E-state index in [1.165, 1.54) is 0 Å². The average Bonchev–Trinajstić information content (AvgIpc) is 2.89. The zero-order valence-corrected chi connectivity index (χ0v) is 13.3. The van der Waals surface area contributed by atoms with Crippen LogP contribution in [0.25, 0.3) is 0 Å². The molecule has 3 atom stereocenters. The Morgan fingerprint density at radius 2 is 2.09 bits per heavy atom. The van der Waals surface area contributed by atoms with Gasteiger partial charge in [0.25, 0.3) is 0 Å². The number of fused-ring (bicyclic) bond motifs is 2. The van der Waals surface area contributed by atoms with Crippen molar-refractivity contribution in [2.24, 2.45) is 0 Å². The third-order valence-electron chi connectivity index (χ3n) is 3.65. The van der Waals surface area contributed by atoms with Crippen LogP contribution in [0.1, 0.15) is 37.6 Å². The fourth-order valence-electron chi connectivity index (χ4n) is 2.40. The average molecular weight is 348 g/mol. The topological polar surface area (TPSA) is 61.3 Å². The zero-order chi connectivity index (χ0) is 16.8. The Bertz CT molecular complexity index is 624. The van der Waals surface area contributed by atoms with Gasteiger partial charge in [0, 0.05) is 17.4 Å². The monoisotopic (exact) mass is 348 g/mol. The highest BCUT2D eigenvalue weighted by Crippen LogP contribution is 2.37. The molecular formula is C14H15F3N2O3S. The maximum Gasteiger partial charge on any atom is 0.433 e. The molecule has 0 N–H and O–H groups in total. The first kappa shape index (κ1) is 16.7. The molecule has 2 bridgehead atoms. The van der Waals surface area contributed by atoms with Crippen LogP contribution in [0, 0.1) is 0 Å². The number of thioether (sulfide) groups is 1. The van der Waals surface area contributed by atoms with Crippen LogP contribution in [-0.4, -0.2) is 40.0 Å². The van der Waals surface area contributed by atoms with Crippen molar-refractivity contribution in [1.29, 1.82) is 0 Å². The van der Waals surface area contributed by atoms with Crippen molar-refractivity contribution in [3.8, 4) is 0 Å². The van der Waals surface area contributed by atoms with E-state index >= 15 is 0 Å². The first-order chi connectivity index (χ1) is 10.7. The van der Waals surface area contributed by atoms with Gasteiger partial charge in [0.05, 0.1) is 12.7 Å². The fourth-order valence-corrected chi connectivity index (χ4v) is 3.52. The Hall–Kier alpha value is -1.19. The standard InChI is InChI=1S/C14H15F3N2O3S/c1-6(2)7-3-11(14(15,16)17)19-13(18-7)23-10-4-8(20)12-21-5-9(10)22-12/h3,6,9-10,12H,4-5H2,1-2H3/t9-,10+,12+/m1/s1. The van der Waals surface area contributed by atoms with Gasteiger partial charge in [0.2, 0.25) is 6.29 Å². The number of Topliss-reactive ketones (excluding diaryl/α,β-unsaturated/α-hetero) is 1. The Morgan fingerprint density at radius 1 is 1.35 bits per heavy atom. The SMILES string of the molecule is CC(C)c1cc(C(F)(F)F)nc(S[C@H]2CC(=O)[C@H]3OC[C@H]2O3)n1. The molecule has 2 aliphatic rings. The molecule has 3 heterocycles. The highest BCUT2D eigenvalue weighted by molar-refractivity contribution is 7.99. The van der Waals surface area contributed by atoms with E-state index in [0.717, 1.165) is 17.8 Å². The van der Waals surface area contributed by atoms with Gasteiger partial charge in [-0.05, 0) is 12.0 Å². The Balaban J connectivity index is 1.87. The van der Waals surface area contributed by atoms with E-state index in [9.17, 15) is 18.0 Å². The number of ketones is 1. The van der Waals surface area contributed by atoms with Gasteiger partial charge in [-0.15, -0.1) is 0 Å². The van der Waals surface area contributed by atoms with Gasteiger partial charge in [0.1, 0.15) is 5.69 Å². The molecule has 126 valence electrons. The molecule has 1 aromatic rings. The van der Waals surface area contributed by atoms with Gasteiger partial charge in [-0.3, -0.25) is 4.79 Å². The third kappa shape index (κ3) is 3.51. The van der Waals surface area contributed by atoms with Crippen LogP contribution in [0.3, 0.4) is 0 Å². The summed E-state index contributed by atoms with van der Waals surface area (Å²) in [6.07, 6.45) is -5.52. The molecule has 23 heavy (non-hydrogen) atoms. The number of carbonyl (C=O) groups excluding carboxylic acids is 1. The minimum atomic E-state index is -4.54. The van der Waals surface area contributed by atoms with Crippen LogP contribution in [0.4, 0.5) is 13.2 Å². The maximum atomic E-state index is 13.0. The molecule has 0 unspecified atom stereocenters. The van der Waals surface area contributed by atoms with Crippen molar-refractivity contribution < 1.29 is 27.4 Å². The Morgan fingerprint density at radius 3 is 2.74 bits per heavy atom. The molecular weight excluding hydrogens is 333 g/mol. The van der Waals surface area contributed by atoms with Gasteiger partial charge in [-0.2, -0.15) is 13.2 Å². The largest absolute Gasteiger partial charge is 0.433 e. The fraction of sp³-hybridized carbons (Fsp3) is 0.643. The molecule has 2 fully saturated rings. The highest BCUT2D eigenvalue weighted by Gasteiger charge is 2.44. The molecule has 1 aromatic heterocycles. The number of hydrogen-bond acceptors (Lipinski definition) is 6. The number of halogens is 3. The Kier molecular flexibility index (Phi) is 4.37. The van der Waals surface area contributed by atoms with E-state index in [1.54, 1.807) is 13.8 Å². The van der Waals surface area contributed by atoms with Crippen LogP contribution >= 0.6 is 11.8 Å². The van der Waals surface area contributed by atoms with E-state index in [4.69, 9.17) is 9.47 Å². The molecule has 0 aliphatic carbocycles. The van der Waals surface area contributed by atoms with E-state index in [0.29, 0.717) is 5.69 Å². The number of carbonyl (C=O) groups is 1. The van der Waals surface area contributed by atoms with Crippen LogP contribution in [-0.2, 0) is 20.4 Å². The minimum absolute atomic E-state index is 0.00951. The minimum Gasteiger partial charge on any atom is -0.343 e. The summed E-state index contributed by atoms with van der Waals surface area (Å²) in [5.41, 5.74) is -0.652. The summed E-state index contributed by atoms with van der Waals surface area (Å²) in [6, 6.07) is 0.964. The lowest BCUT2D eigenvalue weighted by Crippen LogP contribution is -2.37. The highest BCUT2D eigenvalue weighted by atomic mass is 32.2. The lowest BCUT2D eigenvalue weighted by atomic mass is 10.1. The van der Waals surface area contributed by atoms with E-state index < -0.39 is 18.2 Å². The second-order valence-electron chi connectivity index (χ2n) is 5.78. The lowest BCUT2D eigenvalue weighted by Gasteiger charge is -2.25. The number of ether oxygens (including phenoxy) is 2. The summed E-state index contributed by atoms with van der Waals surface area (Å²) >= 11 is 1.04. The van der Waals surface area contributed by atoms with Crippen molar-refractivity contribution in [3.05, 3.63) is 17.5 Å². The van der Waals surface area contributed by atoms with Crippen LogP contribution in [0.5, 0.6) is 0 Å². The lowest BCUT2D eigenvalue weighted by molar-refractivity contribution is -0.151. The number of alkyl halides is 3. The molecule has 5 nitrogen and oxygen atoms in total. The predicted molar refractivity (Wildman–Crippen MR) is 75.0 cm³/mol. The van der Waals surface area contributed by atoms with Crippen LogP contribution in [0.15, 0.2) is 11.2 Å². The molecule has 0 saturated carbocycles. The molecule has 0 aromatic carbocycles. The summed E-state index contributed by atoms with van der Waals surface area (Å²) < 4.78 is 49.6. The Labute approximate surface area is 135 Å². The number of nitrogens with zero attached hydrogens (tertiary/aromatic N) is 2. The zero-order valence-electron chi connectivity index (χ0n) is 12.5. The van der Waals surface area contributed by atoms with Crippen molar-refractivity contribution in [2.45, 2.75) is 55.2 Å². The van der Waals surface area contributed by atoms with Crippen LogP contribution < -0.4 is 0 Å². The number of aromatic nitrogens is 2. The first-order valence-electron chi connectivity index (χ1n) is 7.16. The number of rotatable bonds is 3. The summed E-state index contributed by atoms with van der Waals surface area (Å²) in [5, 5.41) is -0.333. The van der Waals surface area contributed by atoms with E-state index in [-0.39, 0.29) is 41.2 Å². The third-order valence-corrected chi connectivity index (χ3v) is 4.82. The summed E-state index contributed by atoms with van der Waals surface area (Å²) in [7, 11) is 0. The van der Waals surface area contributed by atoms with Gasteiger partial charge >= 0.3 is 6.18 Å². The first-order valence-corrected chi connectivity index (χ1v) is 8.04. The molecule has 2 aliphatic heterocycles. The summed E-state index contributed by atoms with van der Waals surface area (Å²) in [6.45, 7) is 3.78. The van der Waals surface area contributed by atoms with Gasteiger partial charge in [0.15, 0.2) is 10.9 Å². The summed E-state index contributed by atoms with van der Waals surface area (Å²) in [4.78, 5) is 19.6. The quantitative estimate of drug-likeness (QED) is 0.783.